The van der Waals surface area contributed by atoms with Gasteiger partial charge in [0.05, 0.1) is 18.3 Å². The number of morpholine rings is 1. The maximum absolute atomic E-state index is 12.8. The van der Waals surface area contributed by atoms with Crippen LogP contribution in [0.5, 0.6) is 0 Å². The fourth-order valence-corrected chi connectivity index (χ4v) is 2.09. The predicted molar refractivity (Wildman–Crippen MR) is 68.8 cm³/mol. The number of aromatic nitrogens is 1. The van der Waals surface area contributed by atoms with E-state index in [1.807, 2.05) is 0 Å². The molecule has 0 saturated carbocycles. The van der Waals surface area contributed by atoms with Gasteiger partial charge in [0.15, 0.2) is 0 Å². The van der Waals surface area contributed by atoms with Gasteiger partial charge in [-0.3, -0.25) is 4.79 Å². The van der Waals surface area contributed by atoms with Crippen LogP contribution in [0.3, 0.4) is 0 Å². The number of halogens is 3. The van der Waals surface area contributed by atoms with Crippen molar-refractivity contribution >= 4 is 11.7 Å². The number of nitrogens with two attached hydrogens (primary N) is 2. The molecule has 0 radical (unpaired) electrons. The van der Waals surface area contributed by atoms with Crippen LogP contribution in [0.2, 0.25) is 0 Å². The van der Waals surface area contributed by atoms with E-state index in [1.54, 1.807) is 0 Å². The molecule has 1 amide bonds. The number of alkyl halides is 3. The minimum atomic E-state index is -4.59. The fourth-order valence-electron chi connectivity index (χ4n) is 2.09. The minimum absolute atomic E-state index is 0.0549. The third kappa shape index (κ3) is 3.42. The molecule has 6 nitrogen and oxygen atoms in total. The van der Waals surface area contributed by atoms with E-state index >= 15 is 0 Å². The number of carbonyl (C=O) groups is 1. The van der Waals surface area contributed by atoms with Crippen LogP contribution >= 0.6 is 0 Å². The standard InChI is InChI=1S/C12H15F3N4O2/c13-12(14,15)9-2-1-8(10(17)20)11(18-9)19-3-4-21-7(5-16)6-19/h1-2,7H,3-6,16H2,(H2,17,20). The summed E-state index contributed by atoms with van der Waals surface area (Å²) < 4.78 is 43.7. The molecule has 1 aromatic heterocycles. The molecule has 0 aromatic carbocycles. The van der Waals surface area contributed by atoms with E-state index in [9.17, 15) is 18.0 Å². The maximum atomic E-state index is 12.8. The molecule has 1 aromatic rings. The molecule has 1 unspecified atom stereocenters. The van der Waals surface area contributed by atoms with Gasteiger partial charge in [-0.05, 0) is 12.1 Å². The topological polar surface area (TPSA) is 94.5 Å². The zero-order chi connectivity index (χ0) is 15.6. The van der Waals surface area contributed by atoms with Crippen LogP contribution in [0.25, 0.3) is 0 Å². The smallest absolute Gasteiger partial charge is 0.373 e. The van der Waals surface area contributed by atoms with E-state index in [0.717, 1.165) is 12.1 Å². The van der Waals surface area contributed by atoms with E-state index in [4.69, 9.17) is 16.2 Å². The van der Waals surface area contributed by atoms with Crippen LogP contribution in [-0.4, -0.2) is 43.2 Å². The van der Waals surface area contributed by atoms with Gasteiger partial charge in [-0.1, -0.05) is 0 Å². The summed E-state index contributed by atoms with van der Waals surface area (Å²) in [7, 11) is 0. The first-order valence-electron chi connectivity index (χ1n) is 6.27. The number of amides is 1. The van der Waals surface area contributed by atoms with Crippen molar-refractivity contribution in [2.75, 3.05) is 31.1 Å². The number of rotatable bonds is 3. The molecule has 1 aliphatic heterocycles. The second-order valence-corrected chi connectivity index (χ2v) is 4.60. The van der Waals surface area contributed by atoms with Crippen molar-refractivity contribution in [3.8, 4) is 0 Å². The van der Waals surface area contributed by atoms with Gasteiger partial charge in [-0.25, -0.2) is 4.98 Å². The average Bonchev–Trinajstić information content (AvgIpc) is 2.45. The fraction of sp³-hybridized carbons (Fsp3) is 0.500. The third-order valence-corrected chi connectivity index (χ3v) is 3.13. The van der Waals surface area contributed by atoms with Crippen LogP contribution in [-0.2, 0) is 10.9 Å². The molecule has 4 N–H and O–H groups in total. The Morgan fingerprint density at radius 1 is 1.48 bits per heavy atom. The first kappa shape index (κ1) is 15.5. The van der Waals surface area contributed by atoms with Crippen molar-refractivity contribution in [3.63, 3.8) is 0 Å². The molecule has 0 aliphatic carbocycles. The first-order chi connectivity index (χ1) is 9.82. The van der Waals surface area contributed by atoms with E-state index in [1.165, 1.54) is 4.90 Å². The molecule has 0 spiro atoms. The first-order valence-corrected chi connectivity index (χ1v) is 6.27. The Kier molecular flexibility index (Phi) is 4.33. The summed E-state index contributed by atoms with van der Waals surface area (Å²) >= 11 is 0. The normalized spacial score (nSPS) is 19.6. The van der Waals surface area contributed by atoms with Gasteiger partial charge in [0.2, 0.25) is 0 Å². The Balaban J connectivity index is 2.41. The lowest BCUT2D eigenvalue weighted by atomic mass is 10.1. The van der Waals surface area contributed by atoms with Gasteiger partial charge in [0, 0.05) is 19.6 Å². The van der Waals surface area contributed by atoms with E-state index < -0.39 is 17.8 Å². The van der Waals surface area contributed by atoms with Gasteiger partial charge in [0.1, 0.15) is 11.5 Å². The molecule has 1 aliphatic rings. The highest BCUT2D eigenvalue weighted by Gasteiger charge is 2.34. The van der Waals surface area contributed by atoms with Gasteiger partial charge in [-0.2, -0.15) is 13.2 Å². The van der Waals surface area contributed by atoms with Crippen molar-refractivity contribution in [1.82, 2.24) is 4.98 Å². The largest absolute Gasteiger partial charge is 0.433 e. The van der Waals surface area contributed by atoms with E-state index in [-0.39, 0.29) is 37.2 Å². The molecule has 9 heteroatoms. The molecule has 1 saturated heterocycles. The second kappa shape index (κ2) is 5.86. The van der Waals surface area contributed by atoms with E-state index in [0.29, 0.717) is 6.54 Å². The molecule has 2 rings (SSSR count). The number of nitrogens with zero attached hydrogens (tertiary/aromatic N) is 2. The number of carbonyl (C=O) groups excluding carboxylic acids is 1. The van der Waals surface area contributed by atoms with Crippen LogP contribution in [0.15, 0.2) is 12.1 Å². The lowest BCUT2D eigenvalue weighted by Crippen LogP contribution is -2.46. The van der Waals surface area contributed by atoms with Crippen LogP contribution in [0.4, 0.5) is 19.0 Å². The van der Waals surface area contributed by atoms with Crippen LogP contribution < -0.4 is 16.4 Å². The number of ether oxygens (including phenoxy) is 1. The lowest BCUT2D eigenvalue weighted by Gasteiger charge is -2.34. The molecule has 2 heterocycles. The van der Waals surface area contributed by atoms with Crippen molar-refractivity contribution < 1.29 is 22.7 Å². The molecular formula is C12H15F3N4O2. The summed E-state index contributed by atoms with van der Waals surface area (Å²) in [5.41, 5.74) is 9.58. The molecule has 116 valence electrons. The summed E-state index contributed by atoms with van der Waals surface area (Å²) in [4.78, 5) is 16.5. The quantitative estimate of drug-likeness (QED) is 0.841. The Morgan fingerprint density at radius 2 is 2.19 bits per heavy atom. The highest BCUT2D eigenvalue weighted by atomic mass is 19.4. The van der Waals surface area contributed by atoms with Crippen LogP contribution in [0.1, 0.15) is 16.1 Å². The predicted octanol–water partition coefficient (Wildman–Crippen LogP) is 0.363. The average molecular weight is 304 g/mol. The summed E-state index contributed by atoms with van der Waals surface area (Å²) in [5.74, 6) is -0.916. The minimum Gasteiger partial charge on any atom is -0.373 e. The Labute approximate surface area is 118 Å². The van der Waals surface area contributed by atoms with Gasteiger partial charge in [0.25, 0.3) is 5.91 Å². The SMILES string of the molecule is NCC1CN(c2nc(C(F)(F)F)ccc2C(N)=O)CCO1. The molecule has 1 atom stereocenters. The Hall–Kier alpha value is -1.87. The summed E-state index contributed by atoms with van der Waals surface area (Å²) in [6.45, 7) is 1.08. The number of hydrogen-bond donors (Lipinski definition) is 2. The van der Waals surface area contributed by atoms with Crippen molar-refractivity contribution in [1.29, 1.82) is 0 Å². The maximum Gasteiger partial charge on any atom is 0.433 e. The number of pyridine rings is 1. The van der Waals surface area contributed by atoms with Crippen LogP contribution in [0, 0.1) is 0 Å². The highest BCUT2D eigenvalue weighted by molar-refractivity contribution is 5.97. The van der Waals surface area contributed by atoms with Gasteiger partial charge in [-0.15, -0.1) is 0 Å². The third-order valence-electron chi connectivity index (χ3n) is 3.13. The number of primary amides is 1. The van der Waals surface area contributed by atoms with E-state index in [2.05, 4.69) is 4.98 Å². The zero-order valence-corrected chi connectivity index (χ0v) is 11.1. The lowest BCUT2D eigenvalue weighted by molar-refractivity contribution is -0.141. The summed E-state index contributed by atoms with van der Waals surface area (Å²) in [6, 6.07) is 1.78. The zero-order valence-electron chi connectivity index (χ0n) is 11.1. The number of hydrogen-bond acceptors (Lipinski definition) is 5. The molecule has 0 bridgehead atoms. The van der Waals surface area contributed by atoms with Gasteiger partial charge < -0.3 is 21.1 Å². The Morgan fingerprint density at radius 3 is 2.76 bits per heavy atom. The summed E-state index contributed by atoms with van der Waals surface area (Å²) in [6.07, 6.45) is -4.92. The summed E-state index contributed by atoms with van der Waals surface area (Å²) in [5, 5.41) is 0. The van der Waals surface area contributed by atoms with Crippen molar-refractivity contribution in [3.05, 3.63) is 23.4 Å². The molecular weight excluding hydrogens is 289 g/mol. The monoisotopic (exact) mass is 304 g/mol. The molecule has 21 heavy (non-hydrogen) atoms. The highest BCUT2D eigenvalue weighted by Crippen LogP contribution is 2.31. The molecule has 1 fully saturated rings. The van der Waals surface area contributed by atoms with Crippen molar-refractivity contribution in [2.24, 2.45) is 11.5 Å². The van der Waals surface area contributed by atoms with Crippen molar-refractivity contribution in [2.45, 2.75) is 12.3 Å². The number of anilines is 1. The van der Waals surface area contributed by atoms with Gasteiger partial charge >= 0.3 is 6.18 Å². The Bertz CT molecular complexity index is 536. The second-order valence-electron chi connectivity index (χ2n) is 4.60.